The molecule has 0 atom stereocenters. The van der Waals surface area contributed by atoms with Gasteiger partial charge in [0, 0.05) is 6.42 Å². The number of hydrogen-bond acceptors (Lipinski definition) is 1. The molecular formula is C13H13FO. The molecule has 15 heavy (non-hydrogen) atoms. The summed E-state index contributed by atoms with van der Waals surface area (Å²) in [6, 6.07) is 6.46. The lowest BCUT2D eigenvalue weighted by molar-refractivity contribution is -0.115. The Morgan fingerprint density at radius 3 is 2.53 bits per heavy atom. The van der Waals surface area contributed by atoms with Crippen LogP contribution in [0.15, 0.2) is 35.9 Å². The van der Waals surface area contributed by atoms with Gasteiger partial charge in [0.15, 0.2) is 5.78 Å². The Balaban J connectivity index is 2.08. The van der Waals surface area contributed by atoms with Crippen LogP contribution in [0.1, 0.15) is 24.8 Å². The predicted octanol–water partition coefficient (Wildman–Crippen LogP) is 3.05. The van der Waals surface area contributed by atoms with Gasteiger partial charge in [0.05, 0.1) is 0 Å². The molecule has 1 aliphatic rings. The Labute approximate surface area is 88.6 Å². The van der Waals surface area contributed by atoms with Crippen LogP contribution in [-0.4, -0.2) is 5.78 Å². The standard InChI is InChI=1S/C13H13FO/c14-12-6-4-10(5-7-12)8-11-2-1-3-13(15)9-11/h4-7,9H,1-3,8H2. The molecule has 78 valence electrons. The van der Waals surface area contributed by atoms with Crippen molar-refractivity contribution in [3.8, 4) is 0 Å². The van der Waals surface area contributed by atoms with Crippen molar-refractivity contribution < 1.29 is 9.18 Å². The minimum Gasteiger partial charge on any atom is -0.295 e. The van der Waals surface area contributed by atoms with Gasteiger partial charge in [0.2, 0.25) is 0 Å². The summed E-state index contributed by atoms with van der Waals surface area (Å²) in [6.45, 7) is 0. The second-order valence-corrected chi connectivity index (χ2v) is 3.93. The fraction of sp³-hybridized carbons (Fsp3) is 0.308. The topological polar surface area (TPSA) is 17.1 Å². The summed E-state index contributed by atoms with van der Waals surface area (Å²) in [5, 5.41) is 0. The number of carbonyl (C=O) groups excluding carboxylic acids is 1. The van der Waals surface area contributed by atoms with Gasteiger partial charge in [0.25, 0.3) is 0 Å². The van der Waals surface area contributed by atoms with E-state index in [0.717, 1.165) is 30.4 Å². The molecule has 0 spiro atoms. The van der Waals surface area contributed by atoms with Crippen molar-refractivity contribution in [3.63, 3.8) is 0 Å². The summed E-state index contributed by atoms with van der Waals surface area (Å²) in [7, 11) is 0. The molecule has 1 aliphatic carbocycles. The first-order chi connectivity index (χ1) is 7.24. The van der Waals surface area contributed by atoms with Crippen LogP contribution in [0.4, 0.5) is 4.39 Å². The predicted molar refractivity (Wildman–Crippen MR) is 57.0 cm³/mol. The lowest BCUT2D eigenvalue weighted by Gasteiger charge is -2.11. The maximum atomic E-state index is 12.7. The molecular weight excluding hydrogens is 191 g/mol. The van der Waals surface area contributed by atoms with Crippen molar-refractivity contribution in [2.24, 2.45) is 0 Å². The van der Waals surface area contributed by atoms with Crippen LogP contribution in [0.2, 0.25) is 0 Å². The highest BCUT2D eigenvalue weighted by Gasteiger charge is 2.09. The number of hydrogen-bond donors (Lipinski definition) is 0. The SMILES string of the molecule is O=C1C=C(Cc2ccc(F)cc2)CCC1. The van der Waals surface area contributed by atoms with Gasteiger partial charge in [-0.05, 0) is 43.0 Å². The quantitative estimate of drug-likeness (QED) is 0.723. The number of allylic oxidation sites excluding steroid dienone is 2. The molecule has 0 fully saturated rings. The first-order valence-electron chi connectivity index (χ1n) is 5.21. The van der Waals surface area contributed by atoms with E-state index < -0.39 is 0 Å². The molecule has 0 heterocycles. The third-order valence-corrected chi connectivity index (χ3v) is 2.63. The van der Waals surface area contributed by atoms with E-state index in [-0.39, 0.29) is 11.6 Å². The molecule has 0 bridgehead atoms. The lowest BCUT2D eigenvalue weighted by Crippen LogP contribution is -2.04. The minimum absolute atomic E-state index is 0.215. The van der Waals surface area contributed by atoms with E-state index in [0.29, 0.717) is 6.42 Å². The number of rotatable bonds is 2. The summed E-state index contributed by atoms with van der Waals surface area (Å²) >= 11 is 0. The summed E-state index contributed by atoms with van der Waals surface area (Å²) < 4.78 is 12.7. The average Bonchev–Trinajstić information content (AvgIpc) is 2.22. The number of ketones is 1. The van der Waals surface area contributed by atoms with Crippen molar-refractivity contribution in [1.29, 1.82) is 0 Å². The van der Waals surface area contributed by atoms with Gasteiger partial charge in [-0.3, -0.25) is 4.79 Å². The van der Waals surface area contributed by atoms with Crippen LogP contribution in [0.3, 0.4) is 0 Å². The van der Waals surface area contributed by atoms with E-state index in [4.69, 9.17) is 0 Å². The molecule has 0 amide bonds. The molecule has 0 unspecified atom stereocenters. The zero-order chi connectivity index (χ0) is 10.7. The summed E-state index contributed by atoms with van der Waals surface area (Å²) in [6.07, 6.45) is 5.13. The van der Waals surface area contributed by atoms with Gasteiger partial charge >= 0.3 is 0 Å². The maximum absolute atomic E-state index is 12.7. The van der Waals surface area contributed by atoms with E-state index in [2.05, 4.69) is 0 Å². The molecule has 2 rings (SSSR count). The zero-order valence-electron chi connectivity index (χ0n) is 8.50. The molecule has 0 aromatic heterocycles. The van der Waals surface area contributed by atoms with Gasteiger partial charge in [-0.25, -0.2) is 4.39 Å². The van der Waals surface area contributed by atoms with Crippen molar-refractivity contribution >= 4 is 5.78 Å². The monoisotopic (exact) mass is 204 g/mol. The molecule has 0 saturated heterocycles. The van der Waals surface area contributed by atoms with Gasteiger partial charge < -0.3 is 0 Å². The van der Waals surface area contributed by atoms with Crippen LogP contribution in [-0.2, 0) is 11.2 Å². The highest BCUT2D eigenvalue weighted by molar-refractivity contribution is 5.91. The number of benzene rings is 1. The van der Waals surface area contributed by atoms with Gasteiger partial charge in [-0.1, -0.05) is 17.7 Å². The fourth-order valence-electron chi connectivity index (χ4n) is 1.87. The fourth-order valence-corrected chi connectivity index (χ4v) is 1.87. The Morgan fingerprint density at radius 2 is 1.87 bits per heavy atom. The molecule has 1 aromatic rings. The second kappa shape index (κ2) is 4.39. The van der Waals surface area contributed by atoms with E-state index in [9.17, 15) is 9.18 Å². The van der Waals surface area contributed by atoms with Crippen molar-refractivity contribution in [3.05, 3.63) is 47.3 Å². The summed E-state index contributed by atoms with van der Waals surface area (Å²) in [5.74, 6) is 0.00538. The van der Waals surface area contributed by atoms with Gasteiger partial charge in [0.1, 0.15) is 5.82 Å². The minimum atomic E-state index is -0.215. The third kappa shape index (κ3) is 2.75. The van der Waals surface area contributed by atoms with Crippen LogP contribution >= 0.6 is 0 Å². The molecule has 0 radical (unpaired) electrons. The highest BCUT2D eigenvalue weighted by atomic mass is 19.1. The smallest absolute Gasteiger partial charge is 0.155 e. The number of carbonyl (C=O) groups is 1. The Hall–Kier alpha value is -1.44. The molecule has 1 nitrogen and oxygen atoms in total. The third-order valence-electron chi connectivity index (χ3n) is 2.63. The highest BCUT2D eigenvalue weighted by Crippen LogP contribution is 2.19. The van der Waals surface area contributed by atoms with Crippen molar-refractivity contribution in [2.75, 3.05) is 0 Å². The first kappa shape index (κ1) is 10.1. The first-order valence-corrected chi connectivity index (χ1v) is 5.21. The van der Waals surface area contributed by atoms with Crippen molar-refractivity contribution in [2.45, 2.75) is 25.7 Å². The van der Waals surface area contributed by atoms with Gasteiger partial charge in [-0.2, -0.15) is 0 Å². The van der Waals surface area contributed by atoms with Crippen LogP contribution in [0.5, 0.6) is 0 Å². The Morgan fingerprint density at radius 1 is 1.13 bits per heavy atom. The zero-order valence-corrected chi connectivity index (χ0v) is 8.50. The normalized spacial score (nSPS) is 16.3. The molecule has 0 saturated carbocycles. The van der Waals surface area contributed by atoms with Crippen LogP contribution in [0, 0.1) is 5.82 Å². The summed E-state index contributed by atoms with van der Waals surface area (Å²) in [5.41, 5.74) is 2.23. The maximum Gasteiger partial charge on any atom is 0.155 e. The molecule has 0 aliphatic heterocycles. The Kier molecular flexibility index (Phi) is 2.95. The van der Waals surface area contributed by atoms with Crippen LogP contribution < -0.4 is 0 Å². The lowest BCUT2D eigenvalue weighted by atomic mass is 9.93. The van der Waals surface area contributed by atoms with Crippen molar-refractivity contribution in [1.82, 2.24) is 0 Å². The largest absolute Gasteiger partial charge is 0.295 e. The molecule has 0 N–H and O–H groups in total. The summed E-state index contributed by atoms with van der Waals surface area (Å²) in [4.78, 5) is 11.2. The van der Waals surface area contributed by atoms with E-state index in [1.165, 1.54) is 12.1 Å². The Bertz CT molecular complexity index is 390. The average molecular weight is 204 g/mol. The molecule has 2 heteroatoms. The van der Waals surface area contributed by atoms with Gasteiger partial charge in [-0.15, -0.1) is 0 Å². The number of halogens is 1. The van der Waals surface area contributed by atoms with Crippen LogP contribution in [0.25, 0.3) is 0 Å². The van der Waals surface area contributed by atoms with E-state index >= 15 is 0 Å². The molecule has 1 aromatic carbocycles. The van der Waals surface area contributed by atoms with E-state index in [1.807, 2.05) is 0 Å². The second-order valence-electron chi connectivity index (χ2n) is 3.93. The van der Waals surface area contributed by atoms with E-state index in [1.54, 1.807) is 18.2 Å².